The molecule has 148 valence electrons. The van der Waals surface area contributed by atoms with Crippen molar-refractivity contribution in [1.29, 1.82) is 0 Å². The maximum Gasteiger partial charge on any atom is 0.233 e. The molecular weight excluding hydrogens is 368 g/mol. The van der Waals surface area contributed by atoms with Crippen molar-refractivity contribution in [2.24, 2.45) is 0 Å². The molecule has 4 rings (SSSR count). The van der Waals surface area contributed by atoms with Crippen LogP contribution in [-0.4, -0.2) is 30.5 Å². The number of hydrogen-bond donors (Lipinski definition) is 1. The van der Waals surface area contributed by atoms with Crippen molar-refractivity contribution in [2.75, 3.05) is 19.5 Å². The Morgan fingerprint density at radius 2 is 1.79 bits per heavy atom. The van der Waals surface area contributed by atoms with E-state index in [9.17, 15) is 9.59 Å². The first-order chi connectivity index (χ1) is 14.1. The van der Waals surface area contributed by atoms with Crippen LogP contribution in [0.15, 0.2) is 60.7 Å². The van der Waals surface area contributed by atoms with Gasteiger partial charge in [0.15, 0.2) is 0 Å². The van der Waals surface area contributed by atoms with Gasteiger partial charge >= 0.3 is 0 Å². The van der Waals surface area contributed by atoms with Gasteiger partial charge in [0.25, 0.3) is 0 Å². The number of benzene rings is 2. The van der Waals surface area contributed by atoms with Crippen molar-refractivity contribution in [3.63, 3.8) is 0 Å². The molecular formula is C23H22N2O4. The molecule has 29 heavy (non-hydrogen) atoms. The quantitative estimate of drug-likeness (QED) is 0.649. The number of carbonyl (C=O) groups excluding carboxylic acids is 2. The molecule has 1 aliphatic heterocycles. The molecule has 1 aromatic heterocycles. The smallest absolute Gasteiger partial charge is 0.233 e. The molecule has 6 heteroatoms. The van der Waals surface area contributed by atoms with Gasteiger partial charge in [0.2, 0.25) is 11.7 Å². The predicted octanol–water partition coefficient (Wildman–Crippen LogP) is 3.86. The van der Waals surface area contributed by atoms with Gasteiger partial charge in [-0.05, 0) is 30.7 Å². The van der Waals surface area contributed by atoms with E-state index in [2.05, 4.69) is 5.32 Å². The van der Waals surface area contributed by atoms with Crippen LogP contribution >= 0.6 is 0 Å². The number of ether oxygens (including phenoxy) is 2. The van der Waals surface area contributed by atoms with Crippen LogP contribution in [0, 0.1) is 0 Å². The highest BCUT2D eigenvalue weighted by Gasteiger charge is 2.32. The van der Waals surface area contributed by atoms with E-state index in [1.165, 1.54) is 0 Å². The Morgan fingerprint density at radius 1 is 1.00 bits per heavy atom. The second kappa shape index (κ2) is 7.83. The van der Waals surface area contributed by atoms with E-state index < -0.39 is 0 Å². The van der Waals surface area contributed by atoms with Crippen LogP contribution in [0.1, 0.15) is 34.1 Å². The van der Waals surface area contributed by atoms with Crippen molar-refractivity contribution in [3.05, 3.63) is 77.6 Å². The van der Waals surface area contributed by atoms with Gasteiger partial charge < -0.3 is 19.4 Å². The Bertz CT molecular complexity index is 1060. The number of hydrogen-bond acceptors (Lipinski definition) is 4. The van der Waals surface area contributed by atoms with E-state index in [4.69, 9.17) is 9.47 Å². The van der Waals surface area contributed by atoms with Crippen LogP contribution in [0.2, 0.25) is 0 Å². The number of ketones is 1. The lowest BCUT2D eigenvalue weighted by molar-refractivity contribution is -0.117. The minimum Gasteiger partial charge on any atom is -0.497 e. The van der Waals surface area contributed by atoms with Gasteiger partial charge in [0, 0.05) is 23.9 Å². The first-order valence-electron chi connectivity index (χ1n) is 9.44. The molecule has 1 atom stereocenters. The maximum absolute atomic E-state index is 13.0. The summed E-state index contributed by atoms with van der Waals surface area (Å²) in [6.07, 6.45) is 0.648. The average Bonchev–Trinajstić information content (AvgIpc) is 3.36. The van der Waals surface area contributed by atoms with Crippen LogP contribution in [0.5, 0.6) is 11.5 Å². The van der Waals surface area contributed by atoms with Crippen molar-refractivity contribution < 1.29 is 19.1 Å². The van der Waals surface area contributed by atoms with E-state index in [-0.39, 0.29) is 17.6 Å². The fourth-order valence-electron chi connectivity index (χ4n) is 3.77. The predicted molar refractivity (Wildman–Crippen MR) is 110 cm³/mol. The first-order valence-corrected chi connectivity index (χ1v) is 9.44. The van der Waals surface area contributed by atoms with E-state index in [1.54, 1.807) is 50.6 Å². The molecule has 0 aliphatic carbocycles. The molecule has 2 heterocycles. The zero-order chi connectivity index (χ0) is 20.4. The van der Waals surface area contributed by atoms with Crippen LogP contribution < -0.4 is 14.8 Å². The summed E-state index contributed by atoms with van der Waals surface area (Å²) in [6.45, 7) is 0.633. The molecule has 0 spiro atoms. The highest BCUT2D eigenvalue weighted by molar-refractivity contribution is 6.08. The third-order valence-electron chi connectivity index (χ3n) is 5.26. The number of nitrogens with one attached hydrogen (secondary N) is 1. The van der Waals surface area contributed by atoms with Gasteiger partial charge in [-0.2, -0.15) is 0 Å². The molecule has 1 unspecified atom stereocenters. The summed E-state index contributed by atoms with van der Waals surface area (Å²) in [6, 6.07) is 18.1. The second-order valence-electron chi connectivity index (χ2n) is 6.89. The molecule has 6 nitrogen and oxygen atoms in total. The number of nitrogens with zero attached hydrogens (tertiary/aromatic N) is 1. The van der Waals surface area contributed by atoms with Crippen LogP contribution in [-0.2, 0) is 11.3 Å². The van der Waals surface area contributed by atoms with Crippen LogP contribution in [0.3, 0.4) is 0 Å². The molecule has 0 saturated heterocycles. The fraction of sp³-hybridized carbons (Fsp3) is 0.217. The Morgan fingerprint density at radius 3 is 2.52 bits per heavy atom. The van der Waals surface area contributed by atoms with E-state index in [0.717, 1.165) is 5.69 Å². The van der Waals surface area contributed by atoms with Gasteiger partial charge in [0.05, 0.1) is 31.5 Å². The van der Waals surface area contributed by atoms with Gasteiger partial charge in [-0.3, -0.25) is 9.59 Å². The molecule has 0 fully saturated rings. The number of anilines is 1. The number of rotatable bonds is 6. The molecule has 1 aliphatic rings. The minimum absolute atomic E-state index is 0.0327. The lowest BCUT2D eigenvalue weighted by Crippen LogP contribution is -2.19. The number of aromatic nitrogens is 1. The largest absolute Gasteiger partial charge is 0.497 e. The van der Waals surface area contributed by atoms with Crippen LogP contribution in [0.25, 0.3) is 0 Å². The third-order valence-corrected chi connectivity index (χ3v) is 5.26. The summed E-state index contributed by atoms with van der Waals surface area (Å²) in [4.78, 5) is 25.8. The van der Waals surface area contributed by atoms with Crippen molar-refractivity contribution in [1.82, 2.24) is 4.57 Å². The van der Waals surface area contributed by atoms with Gasteiger partial charge in [-0.1, -0.05) is 30.3 Å². The Labute approximate surface area is 169 Å². The molecule has 0 radical (unpaired) electrons. The summed E-state index contributed by atoms with van der Waals surface area (Å²) < 4.78 is 12.5. The molecule has 3 aromatic rings. The molecule has 1 N–H and O–H groups in total. The highest BCUT2D eigenvalue weighted by atomic mass is 16.5. The van der Waals surface area contributed by atoms with Gasteiger partial charge in [-0.15, -0.1) is 0 Å². The minimum atomic E-state index is -0.320. The number of carbonyl (C=O) groups is 2. The average molecular weight is 390 g/mol. The van der Waals surface area contributed by atoms with Gasteiger partial charge in [-0.25, -0.2) is 0 Å². The van der Waals surface area contributed by atoms with Crippen molar-refractivity contribution in [2.45, 2.75) is 18.9 Å². The summed E-state index contributed by atoms with van der Waals surface area (Å²) >= 11 is 0. The zero-order valence-electron chi connectivity index (χ0n) is 16.3. The van der Waals surface area contributed by atoms with Gasteiger partial charge in [0.1, 0.15) is 11.5 Å². The summed E-state index contributed by atoms with van der Waals surface area (Å²) in [5, 5.41) is 2.95. The Hall–Kier alpha value is -3.54. The molecule has 2 aromatic carbocycles. The van der Waals surface area contributed by atoms with E-state index in [1.807, 2.05) is 28.8 Å². The topological polar surface area (TPSA) is 69.6 Å². The van der Waals surface area contributed by atoms with E-state index in [0.29, 0.717) is 41.4 Å². The normalized spacial score (nSPS) is 14.9. The Balaban J connectivity index is 1.55. The standard InChI is InChI=1S/C23H22N2O4/c1-28-16-8-9-18(21(14-16)29-2)24-23(27)17-12-13-25-19(17)10-11-20(25)22(26)15-6-4-3-5-7-15/h3-11,14,17H,12-13H2,1-2H3,(H,24,27). The molecule has 1 amide bonds. The molecule has 0 saturated carbocycles. The summed E-state index contributed by atoms with van der Waals surface area (Å²) in [7, 11) is 3.13. The Kier molecular flexibility index (Phi) is 5.08. The van der Waals surface area contributed by atoms with Crippen molar-refractivity contribution in [3.8, 4) is 11.5 Å². The fourth-order valence-corrected chi connectivity index (χ4v) is 3.77. The maximum atomic E-state index is 13.0. The highest BCUT2D eigenvalue weighted by Crippen LogP contribution is 2.34. The lowest BCUT2D eigenvalue weighted by Gasteiger charge is -2.14. The third kappa shape index (κ3) is 3.49. The first kappa shape index (κ1) is 18.8. The number of methoxy groups -OCH3 is 2. The number of fused-ring (bicyclic) bond motifs is 1. The lowest BCUT2D eigenvalue weighted by atomic mass is 10.0. The monoisotopic (exact) mass is 390 g/mol. The summed E-state index contributed by atoms with van der Waals surface area (Å²) in [5.41, 5.74) is 2.70. The van der Waals surface area contributed by atoms with Crippen LogP contribution in [0.4, 0.5) is 5.69 Å². The molecule has 0 bridgehead atoms. The number of amides is 1. The SMILES string of the molecule is COc1ccc(NC(=O)C2CCn3c(C(=O)c4ccccc4)ccc32)c(OC)c1. The second-order valence-corrected chi connectivity index (χ2v) is 6.89. The zero-order valence-corrected chi connectivity index (χ0v) is 16.3. The summed E-state index contributed by atoms with van der Waals surface area (Å²) in [5.74, 6) is 0.711. The van der Waals surface area contributed by atoms with Crippen molar-refractivity contribution >= 4 is 17.4 Å². The van der Waals surface area contributed by atoms with E-state index >= 15 is 0 Å².